The van der Waals surface area contributed by atoms with Crippen LogP contribution in [-0.2, 0) is 17.6 Å². The van der Waals surface area contributed by atoms with Crippen LogP contribution in [-0.4, -0.2) is 27.2 Å². The molecule has 0 saturated carbocycles. The van der Waals surface area contributed by atoms with E-state index in [2.05, 4.69) is 102 Å². The molecular formula is C30H30NO2P. The molecule has 4 aromatic rings. The number of rotatable bonds is 10. The van der Waals surface area contributed by atoms with Crippen molar-refractivity contribution in [2.45, 2.75) is 12.8 Å². The number of hydrogen-bond acceptors (Lipinski definition) is 3. The summed E-state index contributed by atoms with van der Waals surface area (Å²) in [7, 11) is 3.91. The molecule has 0 bridgehead atoms. The average Bonchev–Trinajstić information content (AvgIpc) is 2.86. The van der Waals surface area contributed by atoms with Crippen LogP contribution in [0.5, 0.6) is 5.75 Å². The van der Waals surface area contributed by atoms with Crippen molar-refractivity contribution in [3.8, 4) is 5.75 Å². The van der Waals surface area contributed by atoms with Gasteiger partial charge < -0.3 is 9.47 Å². The fourth-order valence-corrected chi connectivity index (χ4v) is 5.39. The second-order valence-corrected chi connectivity index (χ2v) is 9.43. The third kappa shape index (κ3) is 6.41. The Morgan fingerprint density at radius 1 is 0.735 bits per heavy atom. The lowest BCUT2D eigenvalue weighted by molar-refractivity contribution is 0.0513. The van der Waals surface area contributed by atoms with E-state index < -0.39 is 0 Å². The van der Waals surface area contributed by atoms with Gasteiger partial charge in [0.15, 0.2) is 6.79 Å². The van der Waals surface area contributed by atoms with Gasteiger partial charge in [-0.15, -0.1) is 0 Å². The smallest absolute Gasteiger partial charge is 0.188 e. The van der Waals surface area contributed by atoms with Crippen molar-refractivity contribution >= 4 is 25.4 Å². The van der Waals surface area contributed by atoms with E-state index in [1.165, 1.54) is 32.9 Å². The summed E-state index contributed by atoms with van der Waals surface area (Å²) in [6.07, 6.45) is 3.61. The van der Waals surface area contributed by atoms with E-state index in [1.54, 1.807) is 7.11 Å². The van der Waals surface area contributed by atoms with Crippen LogP contribution < -0.4 is 15.3 Å². The fraction of sp³-hybridized carbons (Fsp3) is 0.167. The molecule has 4 rings (SSSR count). The van der Waals surface area contributed by atoms with Crippen LogP contribution in [0.1, 0.15) is 27.8 Å². The second-order valence-electron chi connectivity index (χ2n) is 8.11. The Kier molecular flexibility index (Phi) is 8.62. The van der Waals surface area contributed by atoms with Crippen molar-refractivity contribution < 1.29 is 9.47 Å². The van der Waals surface area contributed by atoms with Gasteiger partial charge in [-0.25, -0.2) is 0 Å². The Bertz CT molecular complexity index is 1220. The summed E-state index contributed by atoms with van der Waals surface area (Å²) in [4.78, 5) is 4.26. The average molecular weight is 468 g/mol. The second kappa shape index (κ2) is 12.3. The molecule has 1 unspecified atom stereocenters. The largest absolute Gasteiger partial charge is 0.467 e. The molecule has 0 spiro atoms. The number of hydrogen-bond donors (Lipinski definition) is 0. The van der Waals surface area contributed by atoms with Crippen molar-refractivity contribution in [1.29, 1.82) is 0 Å². The summed E-state index contributed by atoms with van der Waals surface area (Å²) in [6, 6.07) is 34.2. The highest BCUT2D eigenvalue weighted by molar-refractivity contribution is 7.56. The van der Waals surface area contributed by atoms with Crippen LogP contribution in [0.25, 0.3) is 0 Å². The van der Waals surface area contributed by atoms with Gasteiger partial charge >= 0.3 is 0 Å². The number of ether oxygens (including phenoxy) is 2. The molecule has 0 aliphatic heterocycles. The lowest BCUT2D eigenvalue weighted by atomic mass is 9.98. The number of methoxy groups -OCH3 is 1. The molecule has 0 fully saturated rings. The quantitative estimate of drug-likeness (QED) is 0.174. The number of aliphatic imine (C=N–C) groups is 1. The molecule has 172 valence electrons. The van der Waals surface area contributed by atoms with Crippen LogP contribution in [0.15, 0.2) is 102 Å². The van der Waals surface area contributed by atoms with Gasteiger partial charge in [0, 0.05) is 32.1 Å². The van der Waals surface area contributed by atoms with Crippen molar-refractivity contribution in [2.75, 3.05) is 21.0 Å². The Morgan fingerprint density at radius 3 is 2.06 bits per heavy atom. The van der Waals surface area contributed by atoms with E-state index >= 15 is 0 Å². The highest BCUT2D eigenvalue weighted by Gasteiger charge is 2.16. The van der Waals surface area contributed by atoms with Crippen LogP contribution in [0.2, 0.25) is 0 Å². The SMILES string of the molecule is CN=Cc1ccccc1Pc1cc(Cc2ccccc2)cc(Cc2ccccc2)c1OCOC. The molecular weight excluding hydrogens is 437 g/mol. The topological polar surface area (TPSA) is 30.8 Å². The van der Waals surface area contributed by atoms with E-state index in [4.69, 9.17) is 9.47 Å². The maximum atomic E-state index is 6.22. The maximum absolute atomic E-state index is 6.22. The predicted octanol–water partition coefficient (Wildman–Crippen LogP) is 5.53. The third-order valence-electron chi connectivity index (χ3n) is 5.53. The van der Waals surface area contributed by atoms with Crippen LogP contribution in [0.3, 0.4) is 0 Å². The monoisotopic (exact) mass is 467 g/mol. The molecule has 34 heavy (non-hydrogen) atoms. The van der Waals surface area contributed by atoms with Crippen LogP contribution >= 0.6 is 8.58 Å². The van der Waals surface area contributed by atoms with Gasteiger partial charge in [0.2, 0.25) is 0 Å². The molecule has 3 nitrogen and oxygen atoms in total. The molecule has 0 N–H and O–H groups in total. The first kappa shape index (κ1) is 23.9. The highest BCUT2D eigenvalue weighted by atomic mass is 31.1. The highest BCUT2D eigenvalue weighted by Crippen LogP contribution is 2.29. The Morgan fingerprint density at radius 2 is 1.38 bits per heavy atom. The molecule has 4 aromatic carbocycles. The molecule has 0 amide bonds. The molecule has 0 radical (unpaired) electrons. The zero-order valence-corrected chi connectivity index (χ0v) is 20.7. The fourth-order valence-electron chi connectivity index (χ4n) is 4.02. The Balaban J connectivity index is 1.80. The maximum Gasteiger partial charge on any atom is 0.188 e. The van der Waals surface area contributed by atoms with E-state index in [1.807, 2.05) is 13.3 Å². The predicted molar refractivity (Wildman–Crippen MR) is 145 cm³/mol. The molecule has 0 heterocycles. The van der Waals surface area contributed by atoms with Gasteiger partial charge in [0.1, 0.15) is 5.75 Å². The van der Waals surface area contributed by atoms with E-state index in [0.29, 0.717) is 8.58 Å². The van der Waals surface area contributed by atoms with Gasteiger partial charge in [-0.05, 0) is 45.6 Å². The van der Waals surface area contributed by atoms with Crippen LogP contribution in [0.4, 0.5) is 0 Å². The summed E-state index contributed by atoms with van der Waals surface area (Å²) in [5, 5.41) is 2.44. The van der Waals surface area contributed by atoms with Crippen molar-refractivity contribution in [3.05, 3.63) is 125 Å². The minimum Gasteiger partial charge on any atom is -0.467 e. The van der Waals surface area contributed by atoms with Gasteiger partial charge in [0.05, 0.1) is 0 Å². The van der Waals surface area contributed by atoms with Gasteiger partial charge in [-0.1, -0.05) is 99.6 Å². The van der Waals surface area contributed by atoms with Gasteiger partial charge in [-0.3, -0.25) is 4.99 Å². The van der Waals surface area contributed by atoms with E-state index in [-0.39, 0.29) is 6.79 Å². The molecule has 0 aliphatic rings. The van der Waals surface area contributed by atoms with Crippen molar-refractivity contribution in [3.63, 3.8) is 0 Å². The third-order valence-corrected chi connectivity index (χ3v) is 6.90. The lowest BCUT2D eigenvalue weighted by Gasteiger charge is -2.19. The minimum atomic E-state index is 0.218. The molecule has 0 saturated heterocycles. The molecule has 4 heteroatoms. The first-order valence-corrected chi connectivity index (χ1v) is 12.4. The van der Waals surface area contributed by atoms with E-state index in [9.17, 15) is 0 Å². The summed E-state index contributed by atoms with van der Waals surface area (Å²) >= 11 is 0. The molecule has 0 aliphatic carbocycles. The van der Waals surface area contributed by atoms with Crippen molar-refractivity contribution in [1.82, 2.24) is 0 Å². The molecule has 0 aromatic heterocycles. The number of nitrogens with zero attached hydrogens (tertiary/aromatic N) is 1. The Hall–Kier alpha value is -3.26. The van der Waals surface area contributed by atoms with E-state index in [0.717, 1.165) is 24.2 Å². The summed E-state index contributed by atoms with van der Waals surface area (Å²) in [6.45, 7) is 0.218. The Labute approximate surface area is 204 Å². The first-order chi connectivity index (χ1) is 16.8. The minimum absolute atomic E-state index is 0.218. The molecule has 1 atom stereocenters. The van der Waals surface area contributed by atoms with Crippen LogP contribution in [0, 0.1) is 0 Å². The number of benzene rings is 4. The zero-order chi connectivity index (χ0) is 23.6. The van der Waals surface area contributed by atoms with Gasteiger partial charge in [-0.2, -0.15) is 0 Å². The van der Waals surface area contributed by atoms with Crippen molar-refractivity contribution in [2.24, 2.45) is 4.99 Å². The standard InChI is InChI=1S/C30H30NO2P/c1-31-21-26-15-9-10-16-28(26)34-29-20-25(17-23-11-5-3-6-12-23)19-27(30(29)33-22-32-2)18-24-13-7-4-8-14-24/h3-16,19-21,34H,17-18,22H2,1-2H3. The van der Waals surface area contributed by atoms with Gasteiger partial charge in [0.25, 0.3) is 0 Å². The normalized spacial score (nSPS) is 11.5. The summed E-state index contributed by atoms with van der Waals surface area (Å²) < 4.78 is 11.5. The summed E-state index contributed by atoms with van der Waals surface area (Å²) in [5.41, 5.74) is 6.16. The summed E-state index contributed by atoms with van der Waals surface area (Å²) in [5.74, 6) is 0.920. The first-order valence-electron chi connectivity index (χ1n) is 11.4. The zero-order valence-electron chi connectivity index (χ0n) is 19.7. The lowest BCUT2D eigenvalue weighted by Crippen LogP contribution is -2.16.